The molecule has 1 saturated heterocycles. The molecule has 0 atom stereocenters. The van der Waals surface area contributed by atoms with Crippen LogP contribution in [-0.2, 0) is 14.4 Å². The highest BCUT2D eigenvalue weighted by Gasteiger charge is 2.25. The number of hydrogen-bond donors (Lipinski definition) is 3. The Bertz CT molecular complexity index is 556. The molecule has 0 aromatic heterocycles. The molecule has 3 amide bonds. The smallest absolute Gasteiger partial charge is 0.316 e. The van der Waals surface area contributed by atoms with Gasteiger partial charge in [-0.3, -0.25) is 19.7 Å². The van der Waals surface area contributed by atoms with Crippen LogP contribution in [0.25, 0.3) is 0 Å². The molecule has 1 aliphatic rings. The van der Waals surface area contributed by atoms with Crippen molar-refractivity contribution in [2.75, 3.05) is 18.4 Å². The molecule has 1 aliphatic heterocycles. The average molecular weight is 293 g/mol. The fourth-order valence-electron chi connectivity index (χ4n) is 2.10. The van der Waals surface area contributed by atoms with Crippen molar-refractivity contribution < 1.29 is 18.8 Å². The number of piperidine rings is 1. The van der Waals surface area contributed by atoms with Gasteiger partial charge in [0, 0.05) is 5.92 Å². The van der Waals surface area contributed by atoms with Crippen LogP contribution in [-0.4, -0.2) is 30.8 Å². The maximum absolute atomic E-state index is 13.3. The number of para-hydroxylation sites is 1. The highest BCUT2D eigenvalue weighted by atomic mass is 19.1. The number of halogens is 1. The van der Waals surface area contributed by atoms with Gasteiger partial charge in [0.25, 0.3) is 0 Å². The first kappa shape index (κ1) is 15.1. The standard InChI is InChI=1S/C14H16FN3O3/c15-10-3-1-2-4-11(10)17-13(20)14(21)18-12(19)9-5-7-16-8-6-9/h1-4,9,16H,5-8H2,(H,17,20)(H,18,19,21). The lowest BCUT2D eigenvalue weighted by Gasteiger charge is -2.21. The van der Waals surface area contributed by atoms with Gasteiger partial charge in [-0.25, -0.2) is 4.39 Å². The number of nitrogens with one attached hydrogen (secondary N) is 3. The molecule has 1 aromatic carbocycles. The third-order valence-corrected chi connectivity index (χ3v) is 3.27. The summed E-state index contributed by atoms with van der Waals surface area (Å²) >= 11 is 0. The molecule has 112 valence electrons. The first-order chi connectivity index (χ1) is 10.1. The number of amides is 3. The molecular weight excluding hydrogens is 277 g/mol. The number of hydrogen-bond acceptors (Lipinski definition) is 4. The molecule has 7 heteroatoms. The average Bonchev–Trinajstić information content (AvgIpc) is 2.50. The summed E-state index contributed by atoms with van der Waals surface area (Å²) in [6.07, 6.45) is 1.24. The van der Waals surface area contributed by atoms with Crippen LogP contribution < -0.4 is 16.0 Å². The minimum atomic E-state index is -1.08. The van der Waals surface area contributed by atoms with Crippen molar-refractivity contribution in [1.82, 2.24) is 10.6 Å². The monoisotopic (exact) mass is 293 g/mol. The second kappa shape index (κ2) is 6.94. The zero-order chi connectivity index (χ0) is 15.2. The van der Waals surface area contributed by atoms with Crippen molar-refractivity contribution in [2.45, 2.75) is 12.8 Å². The fraction of sp³-hybridized carbons (Fsp3) is 0.357. The Balaban J connectivity index is 1.89. The summed E-state index contributed by atoms with van der Waals surface area (Å²) in [6, 6.07) is 5.48. The van der Waals surface area contributed by atoms with E-state index in [4.69, 9.17) is 0 Å². The van der Waals surface area contributed by atoms with Gasteiger partial charge in [-0.05, 0) is 38.1 Å². The zero-order valence-corrected chi connectivity index (χ0v) is 11.3. The predicted octanol–water partition coefficient (Wildman–Crippen LogP) is 0.407. The summed E-state index contributed by atoms with van der Waals surface area (Å²) in [4.78, 5) is 35.1. The number of rotatable bonds is 2. The lowest BCUT2D eigenvalue weighted by Crippen LogP contribution is -2.44. The van der Waals surface area contributed by atoms with Crippen LogP contribution in [0.1, 0.15) is 12.8 Å². The van der Waals surface area contributed by atoms with Gasteiger partial charge in [0.05, 0.1) is 5.69 Å². The molecule has 0 bridgehead atoms. The van der Waals surface area contributed by atoms with E-state index in [2.05, 4.69) is 10.6 Å². The second-order valence-electron chi connectivity index (χ2n) is 4.78. The Morgan fingerprint density at radius 3 is 2.43 bits per heavy atom. The molecule has 0 unspecified atom stereocenters. The molecule has 0 saturated carbocycles. The molecule has 1 aromatic rings. The van der Waals surface area contributed by atoms with E-state index in [1.165, 1.54) is 18.2 Å². The van der Waals surface area contributed by atoms with Crippen LogP contribution in [0.15, 0.2) is 24.3 Å². The van der Waals surface area contributed by atoms with E-state index in [9.17, 15) is 18.8 Å². The Labute approximate surface area is 121 Å². The van der Waals surface area contributed by atoms with E-state index in [-0.39, 0.29) is 11.6 Å². The maximum Gasteiger partial charge on any atom is 0.316 e. The topological polar surface area (TPSA) is 87.3 Å². The van der Waals surface area contributed by atoms with E-state index < -0.39 is 23.5 Å². The fourth-order valence-corrected chi connectivity index (χ4v) is 2.10. The second-order valence-corrected chi connectivity index (χ2v) is 4.78. The maximum atomic E-state index is 13.3. The van der Waals surface area contributed by atoms with E-state index in [0.29, 0.717) is 25.9 Å². The van der Waals surface area contributed by atoms with Gasteiger partial charge in [-0.15, -0.1) is 0 Å². The molecule has 0 aliphatic carbocycles. The number of benzene rings is 1. The summed E-state index contributed by atoms with van der Waals surface area (Å²) < 4.78 is 13.3. The summed E-state index contributed by atoms with van der Waals surface area (Å²) in [6.45, 7) is 1.40. The predicted molar refractivity (Wildman–Crippen MR) is 73.8 cm³/mol. The Morgan fingerprint density at radius 1 is 1.10 bits per heavy atom. The number of imide groups is 1. The normalized spacial score (nSPS) is 15.3. The van der Waals surface area contributed by atoms with Crippen LogP contribution in [0.2, 0.25) is 0 Å². The third kappa shape index (κ3) is 4.09. The van der Waals surface area contributed by atoms with Gasteiger partial charge in [0.15, 0.2) is 0 Å². The van der Waals surface area contributed by atoms with Gasteiger partial charge in [-0.2, -0.15) is 0 Å². The number of carbonyl (C=O) groups is 3. The highest BCUT2D eigenvalue weighted by Crippen LogP contribution is 2.13. The highest BCUT2D eigenvalue weighted by molar-refractivity contribution is 6.41. The molecule has 6 nitrogen and oxygen atoms in total. The van der Waals surface area contributed by atoms with E-state index in [0.717, 1.165) is 6.07 Å². The summed E-state index contributed by atoms with van der Waals surface area (Å²) in [5.74, 6) is -3.55. The molecule has 1 heterocycles. The van der Waals surface area contributed by atoms with Gasteiger partial charge in [-0.1, -0.05) is 12.1 Å². The van der Waals surface area contributed by atoms with Crippen LogP contribution in [0.3, 0.4) is 0 Å². The number of carbonyl (C=O) groups excluding carboxylic acids is 3. The largest absolute Gasteiger partial charge is 0.317 e. The SMILES string of the molecule is O=C(NC(=O)C1CCNCC1)C(=O)Nc1ccccc1F. The van der Waals surface area contributed by atoms with E-state index in [1.54, 1.807) is 0 Å². The van der Waals surface area contributed by atoms with E-state index in [1.807, 2.05) is 5.32 Å². The molecule has 0 spiro atoms. The Kier molecular flexibility index (Phi) is 4.99. The molecule has 2 rings (SSSR count). The van der Waals surface area contributed by atoms with Crippen LogP contribution >= 0.6 is 0 Å². The summed E-state index contributed by atoms with van der Waals surface area (Å²) in [7, 11) is 0. The minimum Gasteiger partial charge on any atom is -0.317 e. The molecule has 1 fully saturated rings. The summed E-state index contributed by atoms with van der Waals surface area (Å²) in [5, 5.41) is 7.28. The van der Waals surface area contributed by atoms with E-state index >= 15 is 0 Å². The molecule has 0 radical (unpaired) electrons. The first-order valence-electron chi connectivity index (χ1n) is 6.69. The van der Waals surface area contributed by atoms with Gasteiger partial charge in [0.2, 0.25) is 5.91 Å². The minimum absolute atomic E-state index is 0.105. The van der Waals surface area contributed by atoms with Gasteiger partial charge < -0.3 is 10.6 Å². The molecular formula is C14H16FN3O3. The van der Waals surface area contributed by atoms with Crippen LogP contribution in [0.4, 0.5) is 10.1 Å². The zero-order valence-electron chi connectivity index (χ0n) is 11.3. The van der Waals surface area contributed by atoms with Crippen molar-refractivity contribution in [2.24, 2.45) is 5.92 Å². The Hall–Kier alpha value is -2.28. The quantitative estimate of drug-likeness (QED) is 0.689. The number of anilines is 1. The first-order valence-corrected chi connectivity index (χ1v) is 6.69. The summed E-state index contributed by atoms with van der Waals surface area (Å²) in [5.41, 5.74) is -0.105. The van der Waals surface area contributed by atoms with Crippen molar-refractivity contribution in [3.05, 3.63) is 30.1 Å². The van der Waals surface area contributed by atoms with Crippen LogP contribution in [0, 0.1) is 11.7 Å². The lowest BCUT2D eigenvalue weighted by atomic mass is 9.97. The van der Waals surface area contributed by atoms with Gasteiger partial charge >= 0.3 is 11.8 Å². The lowest BCUT2D eigenvalue weighted by molar-refractivity contribution is -0.141. The van der Waals surface area contributed by atoms with Crippen molar-refractivity contribution in [1.29, 1.82) is 0 Å². The van der Waals surface area contributed by atoms with Crippen molar-refractivity contribution in [3.8, 4) is 0 Å². The van der Waals surface area contributed by atoms with Crippen LogP contribution in [0.5, 0.6) is 0 Å². The van der Waals surface area contributed by atoms with Crippen molar-refractivity contribution >= 4 is 23.4 Å². The Morgan fingerprint density at radius 2 is 1.76 bits per heavy atom. The molecule has 21 heavy (non-hydrogen) atoms. The van der Waals surface area contributed by atoms with Gasteiger partial charge in [0.1, 0.15) is 5.82 Å². The molecule has 3 N–H and O–H groups in total. The van der Waals surface area contributed by atoms with Crippen molar-refractivity contribution in [3.63, 3.8) is 0 Å². The third-order valence-electron chi connectivity index (χ3n) is 3.27.